The Morgan fingerprint density at radius 1 is 1.57 bits per heavy atom. The zero-order valence-corrected chi connectivity index (χ0v) is 10.2. The number of ketones is 1. The van der Waals surface area contributed by atoms with Crippen LogP contribution in [0.5, 0.6) is 0 Å². The Bertz CT molecular complexity index is 438. The number of hydrogen-bond acceptors (Lipinski definition) is 5. The molecule has 2 rings (SSSR count). The second kappa shape index (κ2) is 4.29. The Hall–Kier alpha value is -0.590. The number of rotatable bonds is 3. The van der Waals surface area contributed by atoms with Crippen LogP contribution >= 0.6 is 38.8 Å². The quantitative estimate of drug-likeness (QED) is 0.816. The topological polar surface area (TPSA) is 42.9 Å². The van der Waals surface area contributed by atoms with Crippen LogP contribution in [0, 0.1) is 0 Å². The van der Waals surface area contributed by atoms with E-state index in [1.54, 1.807) is 11.3 Å². The fourth-order valence-corrected chi connectivity index (χ4v) is 2.88. The summed E-state index contributed by atoms with van der Waals surface area (Å²) in [6, 6.07) is 1.96. The number of nitrogens with zero attached hydrogens (tertiary/aromatic N) is 2. The molecule has 0 fully saturated rings. The van der Waals surface area contributed by atoms with Crippen molar-refractivity contribution >= 4 is 44.6 Å². The number of carbonyl (C=O) groups excluding carboxylic acids is 1. The van der Waals surface area contributed by atoms with Gasteiger partial charge >= 0.3 is 0 Å². The maximum atomic E-state index is 11.6. The number of Topliss-reactive ketones (excluding diaryl/α,β-unsaturated/α-hetero) is 1. The molecule has 0 bridgehead atoms. The molecular weight excluding hydrogens is 284 g/mol. The van der Waals surface area contributed by atoms with E-state index in [1.807, 2.05) is 11.4 Å². The summed E-state index contributed by atoms with van der Waals surface area (Å²) in [5.74, 6) is 0.0781. The van der Waals surface area contributed by atoms with Gasteiger partial charge in [-0.05, 0) is 33.5 Å². The van der Waals surface area contributed by atoms with Gasteiger partial charge in [-0.2, -0.15) is 0 Å². The monoisotopic (exact) mass is 288 g/mol. The largest absolute Gasteiger partial charge is 0.293 e. The van der Waals surface area contributed by atoms with Crippen molar-refractivity contribution in [1.82, 2.24) is 9.59 Å². The van der Waals surface area contributed by atoms with Crippen LogP contribution in [0.3, 0.4) is 0 Å². The molecule has 0 radical (unpaired) electrons. The van der Waals surface area contributed by atoms with Crippen LogP contribution in [-0.4, -0.2) is 15.4 Å². The SMILES string of the molecule is O=C(Cc1cc(Br)cs1)c1cnns1. The van der Waals surface area contributed by atoms with Crippen molar-refractivity contribution in [2.75, 3.05) is 0 Å². The molecule has 3 nitrogen and oxygen atoms in total. The van der Waals surface area contributed by atoms with E-state index in [2.05, 4.69) is 25.5 Å². The summed E-state index contributed by atoms with van der Waals surface area (Å²) in [4.78, 5) is 13.3. The number of halogens is 1. The van der Waals surface area contributed by atoms with Gasteiger partial charge in [0.15, 0.2) is 5.78 Å². The van der Waals surface area contributed by atoms with Crippen molar-refractivity contribution < 1.29 is 4.79 Å². The molecule has 0 amide bonds. The Kier molecular flexibility index (Phi) is 3.05. The maximum Gasteiger partial charge on any atom is 0.181 e. The molecule has 6 heteroatoms. The van der Waals surface area contributed by atoms with Crippen molar-refractivity contribution in [1.29, 1.82) is 0 Å². The summed E-state index contributed by atoms with van der Waals surface area (Å²) in [5.41, 5.74) is 0. The average Bonchev–Trinajstić information content (AvgIpc) is 2.75. The van der Waals surface area contributed by atoms with E-state index in [0.717, 1.165) is 20.9 Å². The van der Waals surface area contributed by atoms with E-state index in [0.29, 0.717) is 11.3 Å². The fraction of sp³-hybridized carbons (Fsp3) is 0.125. The number of carbonyl (C=O) groups is 1. The first-order valence-electron chi connectivity index (χ1n) is 3.79. The van der Waals surface area contributed by atoms with Crippen molar-refractivity contribution in [3.8, 4) is 0 Å². The van der Waals surface area contributed by atoms with Crippen molar-refractivity contribution in [3.05, 3.63) is 31.9 Å². The maximum absolute atomic E-state index is 11.6. The minimum Gasteiger partial charge on any atom is -0.293 e. The molecule has 0 aliphatic rings. The van der Waals surface area contributed by atoms with Crippen LogP contribution in [0.25, 0.3) is 0 Å². The molecular formula is C8H5BrN2OS2. The Balaban J connectivity index is 2.09. The number of hydrogen-bond donors (Lipinski definition) is 0. The molecule has 0 aromatic carbocycles. The molecule has 2 heterocycles. The summed E-state index contributed by atoms with van der Waals surface area (Å²) >= 11 is 6.06. The second-order valence-corrected chi connectivity index (χ2v) is 5.31. The molecule has 0 spiro atoms. The predicted octanol–water partition coefficient (Wildman–Crippen LogP) is 2.79. The van der Waals surface area contributed by atoms with Gasteiger partial charge in [0.05, 0.1) is 6.20 Å². The zero-order valence-electron chi connectivity index (χ0n) is 6.94. The first kappa shape index (κ1) is 9.95. The molecule has 0 saturated heterocycles. The Morgan fingerprint density at radius 3 is 3.00 bits per heavy atom. The molecule has 0 aliphatic carbocycles. The first-order valence-corrected chi connectivity index (χ1v) is 6.24. The number of thiophene rings is 1. The van der Waals surface area contributed by atoms with E-state index in [1.165, 1.54) is 6.20 Å². The summed E-state index contributed by atoms with van der Waals surface area (Å²) < 4.78 is 4.68. The lowest BCUT2D eigenvalue weighted by Gasteiger charge is -1.91. The Morgan fingerprint density at radius 2 is 2.43 bits per heavy atom. The minimum absolute atomic E-state index is 0.0781. The van der Waals surface area contributed by atoms with Crippen LogP contribution in [0.1, 0.15) is 14.5 Å². The molecule has 14 heavy (non-hydrogen) atoms. The normalized spacial score (nSPS) is 10.4. The van der Waals surface area contributed by atoms with E-state index in [4.69, 9.17) is 0 Å². The van der Waals surface area contributed by atoms with Crippen molar-refractivity contribution in [2.24, 2.45) is 0 Å². The van der Waals surface area contributed by atoms with Gasteiger partial charge in [-0.15, -0.1) is 16.4 Å². The molecule has 2 aromatic rings. The van der Waals surface area contributed by atoms with Gasteiger partial charge in [0.25, 0.3) is 0 Å². The summed E-state index contributed by atoms with van der Waals surface area (Å²) in [7, 11) is 0. The van der Waals surface area contributed by atoms with Gasteiger partial charge in [-0.3, -0.25) is 4.79 Å². The van der Waals surface area contributed by atoms with Crippen LogP contribution in [0.15, 0.2) is 22.1 Å². The fourth-order valence-electron chi connectivity index (χ4n) is 0.982. The van der Waals surface area contributed by atoms with Crippen molar-refractivity contribution in [2.45, 2.75) is 6.42 Å². The molecule has 0 unspecified atom stereocenters. The Labute approximate surface area is 97.1 Å². The summed E-state index contributed by atoms with van der Waals surface area (Å²) in [6.45, 7) is 0. The molecule has 0 atom stereocenters. The summed E-state index contributed by atoms with van der Waals surface area (Å²) in [6.07, 6.45) is 1.94. The zero-order chi connectivity index (χ0) is 9.97. The second-order valence-electron chi connectivity index (χ2n) is 2.61. The van der Waals surface area contributed by atoms with Gasteiger partial charge < -0.3 is 0 Å². The van der Waals surface area contributed by atoms with Gasteiger partial charge in [0.2, 0.25) is 0 Å². The minimum atomic E-state index is 0.0781. The van der Waals surface area contributed by atoms with Crippen LogP contribution < -0.4 is 0 Å². The molecule has 0 saturated carbocycles. The molecule has 0 aliphatic heterocycles. The van der Waals surface area contributed by atoms with Gasteiger partial charge in [0.1, 0.15) is 4.88 Å². The first-order chi connectivity index (χ1) is 6.75. The van der Waals surface area contributed by atoms with Crippen molar-refractivity contribution in [3.63, 3.8) is 0 Å². The predicted molar refractivity (Wildman–Crippen MR) is 60.0 cm³/mol. The van der Waals surface area contributed by atoms with Crippen LogP contribution in [0.4, 0.5) is 0 Å². The lowest BCUT2D eigenvalue weighted by atomic mass is 10.2. The van der Waals surface area contributed by atoms with Crippen LogP contribution in [0.2, 0.25) is 0 Å². The molecule has 0 N–H and O–H groups in total. The highest BCUT2D eigenvalue weighted by Gasteiger charge is 2.10. The third kappa shape index (κ3) is 2.26. The van der Waals surface area contributed by atoms with Gasteiger partial charge in [-0.25, -0.2) is 0 Å². The highest BCUT2D eigenvalue weighted by molar-refractivity contribution is 9.10. The third-order valence-corrected chi connectivity index (χ3v) is 4.00. The van der Waals surface area contributed by atoms with Crippen LogP contribution in [-0.2, 0) is 6.42 Å². The standard InChI is InChI=1S/C8H5BrN2OS2/c9-5-1-6(13-4-5)2-7(12)8-3-10-11-14-8/h1,3-4H,2H2. The van der Waals surface area contributed by atoms with E-state index in [-0.39, 0.29) is 5.78 Å². The van der Waals surface area contributed by atoms with Gasteiger partial charge in [-0.1, -0.05) is 4.49 Å². The van der Waals surface area contributed by atoms with E-state index >= 15 is 0 Å². The highest BCUT2D eigenvalue weighted by Crippen LogP contribution is 2.21. The lowest BCUT2D eigenvalue weighted by Crippen LogP contribution is -1.98. The smallest absolute Gasteiger partial charge is 0.181 e. The molecule has 72 valence electrons. The summed E-state index contributed by atoms with van der Waals surface area (Å²) in [5, 5.41) is 5.60. The highest BCUT2D eigenvalue weighted by atomic mass is 79.9. The third-order valence-electron chi connectivity index (χ3n) is 1.59. The molecule has 2 aromatic heterocycles. The number of aromatic nitrogens is 2. The average molecular weight is 289 g/mol. The van der Waals surface area contributed by atoms with E-state index in [9.17, 15) is 4.79 Å². The van der Waals surface area contributed by atoms with E-state index < -0.39 is 0 Å². The lowest BCUT2D eigenvalue weighted by molar-refractivity contribution is 0.0997. The van der Waals surface area contributed by atoms with Gasteiger partial charge in [0, 0.05) is 21.2 Å².